The van der Waals surface area contributed by atoms with Crippen molar-refractivity contribution in [3.8, 4) is 0 Å². The van der Waals surface area contributed by atoms with Crippen molar-refractivity contribution in [2.45, 2.75) is 6.04 Å². The van der Waals surface area contributed by atoms with Gasteiger partial charge in [0.05, 0.1) is 11.4 Å². The van der Waals surface area contributed by atoms with E-state index in [1.807, 2.05) is 0 Å². The molecule has 2 aromatic carbocycles. The minimum Gasteiger partial charge on any atom is -0.322 e. The number of carbonyl (C=O) groups is 3. The summed E-state index contributed by atoms with van der Waals surface area (Å²) in [5.41, 5.74) is 2.00. The fourth-order valence-corrected chi connectivity index (χ4v) is 3.22. The number of aryl methyl sites for hydroxylation is 1. The fraction of sp³-hybridized carbons (Fsp3) is 0.100. The molecule has 1 unspecified atom stereocenters. The Morgan fingerprint density at radius 1 is 1.07 bits per heavy atom. The van der Waals surface area contributed by atoms with Crippen LogP contribution in [0.1, 0.15) is 22.1 Å². The van der Waals surface area contributed by atoms with Crippen LogP contribution in [0.3, 0.4) is 0 Å². The van der Waals surface area contributed by atoms with Gasteiger partial charge in [-0.05, 0) is 54.6 Å². The Hall–Kier alpha value is -3.65. The van der Waals surface area contributed by atoms with Crippen molar-refractivity contribution in [2.24, 2.45) is 7.05 Å². The predicted molar refractivity (Wildman–Crippen MR) is 108 cm³/mol. The van der Waals surface area contributed by atoms with Crippen molar-refractivity contribution in [3.05, 3.63) is 77.1 Å². The third-order valence-electron chi connectivity index (χ3n) is 4.58. The van der Waals surface area contributed by atoms with Crippen LogP contribution < -0.4 is 15.5 Å². The molecular formula is C20H16ClN5O3. The molecule has 0 aliphatic carbocycles. The highest BCUT2D eigenvalue weighted by Crippen LogP contribution is 2.27. The summed E-state index contributed by atoms with van der Waals surface area (Å²) in [4.78, 5) is 38.5. The SMILES string of the molecule is Cn1nccc1C1NC(=O)N(c2ccc(NC(=O)c3ccc(Cl)cc3)cc2)C1=O. The van der Waals surface area contributed by atoms with Crippen LogP contribution in [-0.4, -0.2) is 27.6 Å². The number of halogens is 1. The molecule has 4 rings (SSSR count). The van der Waals surface area contributed by atoms with E-state index in [9.17, 15) is 14.4 Å². The molecule has 1 atom stereocenters. The van der Waals surface area contributed by atoms with Crippen molar-refractivity contribution in [3.63, 3.8) is 0 Å². The third-order valence-corrected chi connectivity index (χ3v) is 4.83. The van der Waals surface area contributed by atoms with Crippen LogP contribution in [0, 0.1) is 0 Å². The number of benzene rings is 2. The molecule has 1 aliphatic rings. The van der Waals surface area contributed by atoms with E-state index in [1.54, 1.807) is 72.5 Å². The molecule has 2 heterocycles. The molecule has 0 spiro atoms. The van der Waals surface area contributed by atoms with Crippen LogP contribution in [0.2, 0.25) is 5.02 Å². The minimum absolute atomic E-state index is 0.291. The molecule has 29 heavy (non-hydrogen) atoms. The van der Waals surface area contributed by atoms with Crippen molar-refractivity contribution in [2.75, 3.05) is 10.2 Å². The van der Waals surface area contributed by atoms with E-state index in [0.717, 1.165) is 4.90 Å². The summed E-state index contributed by atoms with van der Waals surface area (Å²) in [5, 5.41) is 10.0. The molecule has 4 amide bonds. The van der Waals surface area contributed by atoms with Gasteiger partial charge in [0.25, 0.3) is 11.8 Å². The van der Waals surface area contributed by atoms with E-state index in [-0.39, 0.29) is 5.91 Å². The Morgan fingerprint density at radius 3 is 2.38 bits per heavy atom. The van der Waals surface area contributed by atoms with E-state index in [4.69, 9.17) is 11.6 Å². The molecule has 0 saturated carbocycles. The molecule has 1 aromatic heterocycles. The number of nitrogens with zero attached hydrogens (tertiary/aromatic N) is 3. The maximum absolute atomic E-state index is 12.8. The summed E-state index contributed by atoms with van der Waals surface area (Å²) in [6.45, 7) is 0. The molecule has 0 bridgehead atoms. The van der Waals surface area contributed by atoms with Crippen molar-refractivity contribution < 1.29 is 14.4 Å². The first kappa shape index (κ1) is 18.7. The van der Waals surface area contributed by atoms with Gasteiger partial charge in [-0.3, -0.25) is 14.3 Å². The smallest absolute Gasteiger partial charge is 0.322 e. The number of hydrogen-bond acceptors (Lipinski definition) is 4. The largest absolute Gasteiger partial charge is 0.329 e. The van der Waals surface area contributed by atoms with Gasteiger partial charge in [-0.15, -0.1) is 0 Å². The summed E-state index contributed by atoms with van der Waals surface area (Å²) in [6.07, 6.45) is 1.57. The topological polar surface area (TPSA) is 96.3 Å². The van der Waals surface area contributed by atoms with E-state index in [2.05, 4.69) is 15.7 Å². The highest BCUT2D eigenvalue weighted by Gasteiger charge is 2.41. The number of imide groups is 1. The van der Waals surface area contributed by atoms with Gasteiger partial charge in [0.2, 0.25) is 0 Å². The van der Waals surface area contributed by atoms with Crippen LogP contribution in [0.25, 0.3) is 0 Å². The second-order valence-corrected chi connectivity index (χ2v) is 6.88. The lowest BCUT2D eigenvalue weighted by atomic mass is 10.2. The van der Waals surface area contributed by atoms with E-state index in [0.29, 0.717) is 27.7 Å². The number of anilines is 2. The fourth-order valence-electron chi connectivity index (χ4n) is 3.09. The van der Waals surface area contributed by atoms with Gasteiger partial charge < -0.3 is 10.6 Å². The summed E-state index contributed by atoms with van der Waals surface area (Å²) in [7, 11) is 1.70. The van der Waals surface area contributed by atoms with Gasteiger partial charge >= 0.3 is 6.03 Å². The maximum Gasteiger partial charge on any atom is 0.329 e. The third kappa shape index (κ3) is 3.57. The van der Waals surface area contributed by atoms with Crippen molar-refractivity contribution in [1.82, 2.24) is 15.1 Å². The first-order valence-electron chi connectivity index (χ1n) is 8.73. The van der Waals surface area contributed by atoms with Gasteiger partial charge in [-0.2, -0.15) is 5.10 Å². The number of rotatable bonds is 4. The van der Waals surface area contributed by atoms with Gasteiger partial charge in [-0.25, -0.2) is 9.69 Å². The number of urea groups is 1. The molecular weight excluding hydrogens is 394 g/mol. The Kier molecular flexibility index (Phi) is 4.77. The van der Waals surface area contributed by atoms with Crippen molar-refractivity contribution >= 4 is 40.8 Å². The summed E-state index contributed by atoms with van der Waals surface area (Å²) < 4.78 is 1.54. The zero-order chi connectivity index (χ0) is 20.5. The zero-order valence-electron chi connectivity index (χ0n) is 15.3. The Bertz CT molecular complexity index is 1090. The van der Waals surface area contributed by atoms with Gasteiger partial charge in [0, 0.05) is 29.5 Å². The number of aromatic nitrogens is 2. The number of nitrogens with one attached hydrogen (secondary N) is 2. The lowest BCUT2D eigenvalue weighted by Gasteiger charge is -2.14. The average Bonchev–Trinajstić information content (AvgIpc) is 3.25. The first-order chi connectivity index (χ1) is 13.9. The molecule has 146 valence electrons. The van der Waals surface area contributed by atoms with E-state index in [1.165, 1.54) is 0 Å². The second kappa shape index (κ2) is 7.40. The highest BCUT2D eigenvalue weighted by atomic mass is 35.5. The zero-order valence-corrected chi connectivity index (χ0v) is 16.1. The van der Waals surface area contributed by atoms with Crippen LogP contribution >= 0.6 is 11.6 Å². The van der Waals surface area contributed by atoms with Crippen LogP contribution in [0.5, 0.6) is 0 Å². The predicted octanol–water partition coefficient (Wildman–Crippen LogP) is 3.12. The highest BCUT2D eigenvalue weighted by molar-refractivity contribution is 6.30. The monoisotopic (exact) mass is 409 g/mol. The van der Waals surface area contributed by atoms with E-state index < -0.39 is 18.0 Å². The molecule has 2 N–H and O–H groups in total. The molecule has 9 heteroatoms. The van der Waals surface area contributed by atoms with E-state index >= 15 is 0 Å². The number of amides is 4. The van der Waals surface area contributed by atoms with Crippen molar-refractivity contribution in [1.29, 1.82) is 0 Å². The summed E-state index contributed by atoms with van der Waals surface area (Å²) in [5.74, 6) is -0.683. The molecule has 1 aliphatic heterocycles. The summed E-state index contributed by atoms with van der Waals surface area (Å²) in [6, 6.07) is 13.3. The molecule has 0 radical (unpaired) electrons. The maximum atomic E-state index is 12.8. The molecule has 1 fully saturated rings. The lowest BCUT2D eigenvalue weighted by molar-refractivity contribution is -0.118. The lowest BCUT2D eigenvalue weighted by Crippen LogP contribution is -2.30. The number of hydrogen-bond donors (Lipinski definition) is 2. The Balaban J connectivity index is 1.49. The molecule has 1 saturated heterocycles. The minimum atomic E-state index is -0.792. The normalized spacial score (nSPS) is 16.1. The average molecular weight is 410 g/mol. The van der Waals surface area contributed by atoms with Gasteiger partial charge in [0.15, 0.2) is 6.04 Å². The van der Waals surface area contributed by atoms with Gasteiger partial charge in [-0.1, -0.05) is 11.6 Å². The van der Waals surface area contributed by atoms with Crippen LogP contribution in [0.4, 0.5) is 16.2 Å². The first-order valence-corrected chi connectivity index (χ1v) is 9.11. The molecule has 3 aromatic rings. The number of carbonyl (C=O) groups excluding carboxylic acids is 3. The quantitative estimate of drug-likeness (QED) is 0.647. The summed E-state index contributed by atoms with van der Waals surface area (Å²) >= 11 is 5.83. The second-order valence-electron chi connectivity index (χ2n) is 6.44. The van der Waals surface area contributed by atoms with Crippen LogP contribution in [-0.2, 0) is 11.8 Å². The molecule has 8 nitrogen and oxygen atoms in total. The Morgan fingerprint density at radius 2 is 1.76 bits per heavy atom. The van der Waals surface area contributed by atoms with Gasteiger partial charge in [0.1, 0.15) is 0 Å². The Labute approximate surface area is 171 Å². The van der Waals surface area contributed by atoms with Crippen LogP contribution in [0.15, 0.2) is 60.8 Å². The standard InChI is InChI=1S/C20H16ClN5O3/c1-25-16(10-11-22-25)17-19(28)26(20(29)24-17)15-8-6-14(7-9-15)23-18(27)12-2-4-13(21)5-3-12/h2-11,17H,1H3,(H,23,27)(H,24,29).